The predicted octanol–water partition coefficient (Wildman–Crippen LogP) is 1.94. The van der Waals surface area contributed by atoms with Crippen molar-refractivity contribution in [3.05, 3.63) is 54.7 Å². The third-order valence-corrected chi connectivity index (χ3v) is 5.58. The molecule has 7 heteroatoms. The predicted molar refractivity (Wildman–Crippen MR) is 90.6 cm³/mol. The van der Waals surface area contributed by atoms with Crippen LogP contribution in [0.25, 0.3) is 0 Å². The zero-order valence-corrected chi connectivity index (χ0v) is 14.1. The summed E-state index contributed by atoms with van der Waals surface area (Å²) in [6.07, 6.45) is 2.15. The van der Waals surface area contributed by atoms with E-state index in [2.05, 4.69) is 4.98 Å². The molecule has 0 radical (unpaired) electrons. The van der Waals surface area contributed by atoms with Crippen molar-refractivity contribution in [3.8, 4) is 11.6 Å². The van der Waals surface area contributed by atoms with E-state index in [9.17, 15) is 8.42 Å². The largest absolute Gasteiger partial charge is 0.492 e. The molecule has 1 atom stereocenters. The first kappa shape index (κ1) is 16.7. The monoisotopic (exact) mass is 348 g/mol. The maximum atomic E-state index is 12.4. The van der Waals surface area contributed by atoms with Crippen LogP contribution < -0.4 is 9.47 Å². The number of sulfonamides is 1. The zero-order valence-electron chi connectivity index (χ0n) is 13.2. The number of rotatable bonds is 7. The van der Waals surface area contributed by atoms with Crippen LogP contribution in [-0.2, 0) is 10.0 Å². The van der Waals surface area contributed by atoms with Crippen LogP contribution in [0.1, 0.15) is 6.42 Å². The fourth-order valence-corrected chi connectivity index (χ4v) is 3.87. The molecule has 1 fully saturated rings. The van der Waals surface area contributed by atoms with Gasteiger partial charge in [-0.2, -0.15) is 4.31 Å². The second-order valence-electron chi connectivity index (χ2n) is 5.53. The van der Waals surface area contributed by atoms with E-state index in [-0.39, 0.29) is 18.5 Å². The highest BCUT2D eigenvalue weighted by Gasteiger charge is 2.32. The van der Waals surface area contributed by atoms with Crippen LogP contribution in [0.5, 0.6) is 11.6 Å². The van der Waals surface area contributed by atoms with Crippen LogP contribution in [0.4, 0.5) is 0 Å². The van der Waals surface area contributed by atoms with E-state index < -0.39 is 10.0 Å². The Morgan fingerprint density at radius 2 is 1.92 bits per heavy atom. The molecule has 3 rings (SSSR count). The van der Waals surface area contributed by atoms with Crippen molar-refractivity contribution in [3.63, 3.8) is 0 Å². The number of benzene rings is 1. The maximum Gasteiger partial charge on any atom is 0.217 e. The fraction of sp³-hybridized carbons (Fsp3) is 0.353. The van der Waals surface area contributed by atoms with Crippen molar-refractivity contribution < 1.29 is 17.9 Å². The lowest BCUT2D eigenvalue weighted by atomic mass is 10.3. The molecule has 0 saturated carbocycles. The minimum Gasteiger partial charge on any atom is -0.492 e. The average molecular weight is 348 g/mol. The third-order valence-electron chi connectivity index (χ3n) is 3.78. The number of hydrogen-bond acceptors (Lipinski definition) is 5. The Kier molecular flexibility index (Phi) is 5.32. The standard InChI is InChI=1S/C17H20N2O4S/c20-24(21,13-12-22-15-6-2-1-3-7-15)19-11-9-16(14-19)23-17-8-4-5-10-18-17/h1-8,10,16H,9,11-14H2. The number of para-hydroxylation sites is 1. The van der Waals surface area contributed by atoms with Crippen LogP contribution in [0.3, 0.4) is 0 Å². The summed E-state index contributed by atoms with van der Waals surface area (Å²) in [5, 5.41) is 0. The molecule has 0 N–H and O–H groups in total. The number of ether oxygens (including phenoxy) is 2. The first-order chi connectivity index (χ1) is 11.6. The molecule has 1 aliphatic heterocycles. The van der Waals surface area contributed by atoms with E-state index in [1.165, 1.54) is 4.31 Å². The van der Waals surface area contributed by atoms with Gasteiger partial charge in [-0.3, -0.25) is 0 Å². The van der Waals surface area contributed by atoms with Gasteiger partial charge in [-0.05, 0) is 24.6 Å². The lowest BCUT2D eigenvalue weighted by Gasteiger charge is -2.17. The fourth-order valence-electron chi connectivity index (χ4n) is 2.54. The first-order valence-corrected chi connectivity index (χ1v) is 9.48. The van der Waals surface area contributed by atoms with Gasteiger partial charge in [0.2, 0.25) is 15.9 Å². The molecule has 1 unspecified atom stereocenters. The van der Waals surface area contributed by atoms with Crippen molar-refractivity contribution in [2.75, 3.05) is 25.4 Å². The molecule has 2 heterocycles. The van der Waals surface area contributed by atoms with E-state index >= 15 is 0 Å². The lowest BCUT2D eigenvalue weighted by Crippen LogP contribution is -2.34. The molecule has 128 valence electrons. The molecular weight excluding hydrogens is 328 g/mol. The van der Waals surface area contributed by atoms with E-state index in [0.29, 0.717) is 31.1 Å². The molecule has 1 aromatic heterocycles. The smallest absolute Gasteiger partial charge is 0.217 e. The highest BCUT2D eigenvalue weighted by atomic mass is 32.2. The number of nitrogens with zero attached hydrogens (tertiary/aromatic N) is 2. The Bertz CT molecular complexity index is 738. The van der Waals surface area contributed by atoms with E-state index in [1.54, 1.807) is 24.4 Å². The Morgan fingerprint density at radius 3 is 2.67 bits per heavy atom. The van der Waals surface area contributed by atoms with Gasteiger partial charge in [0.15, 0.2) is 0 Å². The molecular formula is C17H20N2O4S. The van der Waals surface area contributed by atoms with Crippen molar-refractivity contribution in [2.24, 2.45) is 0 Å². The second-order valence-corrected chi connectivity index (χ2v) is 7.62. The summed E-state index contributed by atoms with van der Waals surface area (Å²) in [5.41, 5.74) is 0. The molecule has 6 nitrogen and oxygen atoms in total. The molecule has 24 heavy (non-hydrogen) atoms. The van der Waals surface area contributed by atoms with Gasteiger partial charge < -0.3 is 9.47 Å². The molecule has 0 aliphatic carbocycles. The van der Waals surface area contributed by atoms with Gasteiger partial charge in [0, 0.05) is 18.8 Å². The van der Waals surface area contributed by atoms with Gasteiger partial charge in [-0.1, -0.05) is 24.3 Å². The van der Waals surface area contributed by atoms with E-state index in [4.69, 9.17) is 9.47 Å². The Labute approximate surface area is 142 Å². The maximum absolute atomic E-state index is 12.4. The van der Waals surface area contributed by atoms with Gasteiger partial charge in [0.1, 0.15) is 18.5 Å². The van der Waals surface area contributed by atoms with Gasteiger partial charge in [0.05, 0.1) is 12.3 Å². The van der Waals surface area contributed by atoms with Gasteiger partial charge in [-0.15, -0.1) is 0 Å². The lowest BCUT2D eigenvalue weighted by molar-refractivity contribution is 0.207. The molecule has 1 saturated heterocycles. The molecule has 0 bridgehead atoms. The molecule has 0 spiro atoms. The molecule has 1 aromatic carbocycles. The summed E-state index contributed by atoms with van der Waals surface area (Å²) in [7, 11) is -3.35. The Morgan fingerprint density at radius 1 is 1.12 bits per heavy atom. The summed E-state index contributed by atoms with van der Waals surface area (Å²) in [6.45, 7) is 0.948. The summed E-state index contributed by atoms with van der Waals surface area (Å²) in [6, 6.07) is 14.6. The SMILES string of the molecule is O=S(=O)(CCOc1ccccc1)N1CCC(Oc2ccccn2)C1. The highest BCUT2D eigenvalue weighted by Crippen LogP contribution is 2.19. The minimum atomic E-state index is -3.35. The molecule has 2 aromatic rings. The second kappa shape index (κ2) is 7.63. The van der Waals surface area contributed by atoms with Crippen molar-refractivity contribution in [1.29, 1.82) is 0 Å². The number of aromatic nitrogens is 1. The van der Waals surface area contributed by atoms with Gasteiger partial charge >= 0.3 is 0 Å². The topological polar surface area (TPSA) is 68.7 Å². The van der Waals surface area contributed by atoms with Crippen molar-refractivity contribution >= 4 is 10.0 Å². The van der Waals surface area contributed by atoms with Crippen LogP contribution in [-0.4, -0.2) is 49.3 Å². The van der Waals surface area contributed by atoms with E-state index in [1.807, 2.05) is 30.3 Å². The van der Waals surface area contributed by atoms with Crippen LogP contribution in [0, 0.1) is 0 Å². The van der Waals surface area contributed by atoms with Crippen molar-refractivity contribution in [2.45, 2.75) is 12.5 Å². The quantitative estimate of drug-likeness (QED) is 0.765. The Hall–Kier alpha value is -2.12. The number of hydrogen-bond donors (Lipinski definition) is 0. The highest BCUT2D eigenvalue weighted by molar-refractivity contribution is 7.89. The zero-order chi connectivity index (χ0) is 16.8. The molecule has 0 amide bonds. The van der Waals surface area contributed by atoms with Crippen LogP contribution >= 0.6 is 0 Å². The first-order valence-electron chi connectivity index (χ1n) is 7.87. The third kappa shape index (κ3) is 4.46. The normalized spacial score (nSPS) is 18.4. The summed E-state index contributed by atoms with van der Waals surface area (Å²) in [4.78, 5) is 4.10. The average Bonchev–Trinajstić information content (AvgIpc) is 3.06. The summed E-state index contributed by atoms with van der Waals surface area (Å²) < 4.78 is 37.5. The number of pyridine rings is 1. The minimum absolute atomic E-state index is 0.0435. The van der Waals surface area contributed by atoms with Crippen molar-refractivity contribution in [1.82, 2.24) is 9.29 Å². The van der Waals surface area contributed by atoms with E-state index in [0.717, 1.165) is 0 Å². The molecule has 1 aliphatic rings. The van der Waals surface area contributed by atoms with Gasteiger partial charge in [0.25, 0.3) is 0 Å². The summed E-state index contributed by atoms with van der Waals surface area (Å²) in [5.74, 6) is 1.15. The van der Waals surface area contributed by atoms with Crippen LogP contribution in [0.15, 0.2) is 54.7 Å². The Balaban J connectivity index is 1.48. The summed E-state index contributed by atoms with van der Waals surface area (Å²) >= 11 is 0. The van der Waals surface area contributed by atoms with Gasteiger partial charge in [-0.25, -0.2) is 13.4 Å². The van der Waals surface area contributed by atoms with Crippen LogP contribution in [0.2, 0.25) is 0 Å².